The van der Waals surface area contributed by atoms with Crippen molar-refractivity contribution in [3.05, 3.63) is 58.9 Å². The van der Waals surface area contributed by atoms with Crippen molar-refractivity contribution in [2.75, 3.05) is 20.8 Å². The van der Waals surface area contributed by atoms with Crippen LogP contribution in [-0.4, -0.2) is 43.2 Å². The van der Waals surface area contributed by atoms with Crippen LogP contribution < -0.4 is 9.54 Å². The zero-order valence-electron chi connectivity index (χ0n) is 16.5. The SMILES string of the molecule is COC(=O)Cn1c(=NC(=O)CCOc2ccccc2)sc2cc(C(=O)OC)ccc21. The first kappa shape index (κ1) is 21.3. The third kappa shape index (κ3) is 5.12. The van der Waals surface area contributed by atoms with E-state index in [0.717, 1.165) is 0 Å². The fourth-order valence-electron chi connectivity index (χ4n) is 2.69. The minimum atomic E-state index is -0.479. The second kappa shape index (κ2) is 9.84. The van der Waals surface area contributed by atoms with Gasteiger partial charge in [-0.2, -0.15) is 4.99 Å². The van der Waals surface area contributed by atoms with Gasteiger partial charge in [0.05, 0.1) is 43.0 Å². The highest BCUT2D eigenvalue weighted by Gasteiger charge is 2.14. The molecule has 0 unspecified atom stereocenters. The maximum atomic E-state index is 12.4. The Hall–Kier alpha value is -3.46. The number of hydrogen-bond donors (Lipinski definition) is 0. The van der Waals surface area contributed by atoms with Gasteiger partial charge in [0.25, 0.3) is 5.91 Å². The standard InChI is InChI=1S/C21H20N2O6S/c1-27-19(25)13-23-16-9-8-14(20(26)28-2)12-17(16)30-21(23)22-18(24)10-11-29-15-6-4-3-5-7-15/h3-9,12H,10-11,13H2,1-2H3. The quantitative estimate of drug-likeness (QED) is 0.537. The first-order valence-electron chi connectivity index (χ1n) is 9.05. The van der Waals surface area contributed by atoms with E-state index in [-0.39, 0.29) is 25.5 Å². The van der Waals surface area contributed by atoms with E-state index in [1.54, 1.807) is 34.9 Å². The molecule has 0 bridgehead atoms. The Balaban J connectivity index is 1.87. The van der Waals surface area contributed by atoms with Crippen LogP contribution in [0.1, 0.15) is 16.8 Å². The second-order valence-electron chi connectivity index (χ2n) is 6.14. The molecule has 1 amide bonds. The van der Waals surface area contributed by atoms with Crippen LogP contribution in [0.4, 0.5) is 0 Å². The van der Waals surface area contributed by atoms with Crippen LogP contribution in [-0.2, 0) is 25.6 Å². The number of thiazole rings is 1. The highest BCUT2D eigenvalue weighted by Crippen LogP contribution is 2.20. The number of esters is 2. The number of ether oxygens (including phenoxy) is 3. The van der Waals surface area contributed by atoms with E-state index in [4.69, 9.17) is 14.2 Å². The summed E-state index contributed by atoms with van der Waals surface area (Å²) < 4.78 is 17.3. The lowest BCUT2D eigenvalue weighted by molar-refractivity contribution is -0.141. The van der Waals surface area contributed by atoms with Crippen LogP contribution in [0.3, 0.4) is 0 Å². The fraction of sp³-hybridized carbons (Fsp3) is 0.238. The summed E-state index contributed by atoms with van der Waals surface area (Å²) in [6, 6.07) is 14.1. The monoisotopic (exact) mass is 428 g/mol. The first-order valence-corrected chi connectivity index (χ1v) is 9.87. The average Bonchev–Trinajstić information content (AvgIpc) is 3.09. The maximum absolute atomic E-state index is 12.4. The zero-order valence-corrected chi connectivity index (χ0v) is 17.3. The summed E-state index contributed by atoms with van der Waals surface area (Å²) in [5.74, 6) is -0.668. The molecule has 0 aliphatic rings. The summed E-state index contributed by atoms with van der Waals surface area (Å²) in [6.45, 7) is 0.0709. The third-order valence-electron chi connectivity index (χ3n) is 4.17. The number of rotatable bonds is 7. The van der Waals surface area contributed by atoms with Crippen LogP contribution in [0, 0.1) is 0 Å². The molecule has 3 aromatic rings. The Morgan fingerprint density at radius 3 is 2.50 bits per heavy atom. The van der Waals surface area contributed by atoms with E-state index in [9.17, 15) is 14.4 Å². The first-order chi connectivity index (χ1) is 14.5. The Morgan fingerprint density at radius 2 is 1.80 bits per heavy atom. The second-order valence-corrected chi connectivity index (χ2v) is 7.15. The maximum Gasteiger partial charge on any atom is 0.337 e. The van der Waals surface area contributed by atoms with Gasteiger partial charge in [0.15, 0.2) is 4.80 Å². The van der Waals surface area contributed by atoms with Gasteiger partial charge in [-0.05, 0) is 30.3 Å². The molecule has 156 valence electrons. The van der Waals surface area contributed by atoms with E-state index < -0.39 is 11.9 Å². The van der Waals surface area contributed by atoms with Gasteiger partial charge >= 0.3 is 11.9 Å². The molecule has 0 aliphatic carbocycles. The summed E-state index contributed by atoms with van der Waals surface area (Å²) in [4.78, 5) is 40.5. The molecule has 1 aromatic heterocycles. The molecular formula is C21H20N2O6S. The van der Waals surface area contributed by atoms with Gasteiger partial charge < -0.3 is 18.8 Å². The molecule has 30 heavy (non-hydrogen) atoms. The smallest absolute Gasteiger partial charge is 0.337 e. The summed E-state index contributed by atoms with van der Waals surface area (Å²) in [5.41, 5.74) is 1.02. The summed E-state index contributed by atoms with van der Waals surface area (Å²) in [7, 11) is 2.59. The molecule has 3 rings (SSSR count). The lowest BCUT2D eigenvalue weighted by Gasteiger charge is -2.05. The fourth-order valence-corrected chi connectivity index (χ4v) is 3.77. The molecule has 1 heterocycles. The van der Waals surface area contributed by atoms with Crippen LogP contribution in [0.2, 0.25) is 0 Å². The highest BCUT2D eigenvalue weighted by atomic mass is 32.1. The van der Waals surface area contributed by atoms with Crippen LogP contribution >= 0.6 is 11.3 Å². The lowest BCUT2D eigenvalue weighted by atomic mass is 10.2. The van der Waals surface area contributed by atoms with Crippen molar-refractivity contribution < 1.29 is 28.6 Å². The van der Waals surface area contributed by atoms with Crippen molar-refractivity contribution >= 4 is 39.4 Å². The summed E-state index contributed by atoms with van der Waals surface area (Å²) >= 11 is 1.20. The molecule has 0 spiro atoms. The zero-order chi connectivity index (χ0) is 21.5. The molecule has 0 N–H and O–H groups in total. The number of fused-ring (bicyclic) bond motifs is 1. The molecular weight excluding hydrogens is 408 g/mol. The lowest BCUT2D eigenvalue weighted by Crippen LogP contribution is -2.22. The highest BCUT2D eigenvalue weighted by molar-refractivity contribution is 7.16. The van der Waals surface area contributed by atoms with Gasteiger partial charge in [0.1, 0.15) is 12.3 Å². The molecule has 8 nitrogen and oxygen atoms in total. The molecule has 0 saturated carbocycles. The molecule has 9 heteroatoms. The molecule has 0 aliphatic heterocycles. The number of amides is 1. The van der Waals surface area contributed by atoms with Crippen molar-refractivity contribution in [1.82, 2.24) is 4.57 Å². The Kier molecular flexibility index (Phi) is 6.97. The van der Waals surface area contributed by atoms with Crippen LogP contribution in [0.15, 0.2) is 53.5 Å². The number of carbonyl (C=O) groups is 3. The van der Waals surface area contributed by atoms with Crippen molar-refractivity contribution in [3.63, 3.8) is 0 Å². The Bertz CT molecular complexity index is 1130. The van der Waals surface area contributed by atoms with Gasteiger partial charge in [-0.25, -0.2) is 4.79 Å². The minimum absolute atomic E-state index is 0.0781. The number of carbonyl (C=O) groups excluding carboxylic acids is 3. The van der Waals surface area contributed by atoms with E-state index >= 15 is 0 Å². The van der Waals surface area contributed by atoms with Crippen molar-refractivity contribution in [2.24, 2.45) is 4.99 Å². The van der Waals surface area contributed by atoms with Crippen LogP contribution in [0.25, 0.3) is 10.2 Å². The number of nitrogens with zero attached hydrogens (tertiary/aromatic N) is 2. The number of aromatic nitrogens is 1. The molecule has 0 radical (unpaired) electrons. The molecule has 0 saturated heterocycles. The van der Waals surface area contributed by atoms with Crippen molar-refractivity contribution in [2.45, 2.75) is 13.0 Å². The van der Waals surface area contributed by atoms with Gasteiger partial charge in [0, 0.05) is 0 Å². The Morgan fingerprint density at radius 1 is 1.03 bits per heavy atom. The van der Waals surface area contributed by atoms with Gasteiger partial charge in [0.2, 0.25) is 0 Å². The predicted molar refractivity (Wildman–Crippen MR) is 110 cm³/mol. The van der Waals surface area contributed by atoms with Crippen LogP contribution in [0.5, 0.6) is 5.75 Å². The normalized spacial score (nSPS) is 11.3. The summed E-state index contributed by atoms with van der Waals surface area (Å²) in [5, 5.41) is 0. The number of methoxy groups -OCH3 is 2. The van der Waals surface area contributed by atoms with Crippen molar-refractivity contribution in [3.8, 4) is 5.75 Å². The minimum Gasteiger partial charge on any atom is -0.493 e. The largest absolute Gasteiger partial charge is 0.493 e. The third-order valence-corrected chi connectivity index (χ3v) is 5.21. The van der Waals surface area contributed by atoms with E-state index in [1.807, 2.05) is 18.2 Å². The molecule has 0 fully saturated rings. The average molecular weight is 428 g/mol. The van der Waals surface area contributed by atoms with Crippen molar-refractivity contribution in [1.29, 1.82) is 0 Å². The number of para-hydroxylation sites is 1. The van der Waals surface area contributed by atoms with E-state index in [1.165, 1.54) is 25.6 Å². The topological polar surface area (TPSA) is 96.2 Å². The van der Waals surface area contributed by atoms with E-state index in [0.29, 0.717) is 26.3 Å². The molecule has 2 aromatic carbocycles. The van der Waals surface area contributed by atoms with Gasteiger partial charge in [-0.3, -0.25) is 9.59 Å². The number of benzene rings is 2. The molecule has 0 atom stereocenters. The Labute approximate surface area is 176 Å². The summed E-state index contributed by atoms with van der Waals surface area (Å²) in [6.07, 6.45) is 0.0781. The van der Waals surface area contributed by atoms with Gasteiger partial charge in [-0.1, -0.05) is 29.5 Å². The predicted octanol–water partition coefficient (Wildman–Crippen LogP) is 2.56. The van der Waals surface area contributed by atoms with Gasteiger partial charge in [-0.15, -0.1) is 0 Å². The van der Waals surface area contributed by atoms with E-state index in [2.05, 4.69) is 4.99 Å². The number of hydrogen-bond acceptors (Lipinski definition) is 7.